The van der Waals surface area contributed by atoms with Crippen molar-refractivity contribution in [2.24, 2.45) is 11.8 Å². The van der Waals surface area contributed by atoms with Gasteiger partial charge in [-0.15, -0.1) is 0 Å². The molecule has 148 valence electrons. The van der Waals surface area contributed by atoms with E-state index in [2.05, 4.69) is 13.8 Å². The summed E-state index contributed by atoms with van der Waals surface area (Å²) < 4.78 is 5.12. The Bertz CT molecular complexity index is 338. The monoisotopic (exact) mass is 354 g/mol. The second kappa shape index (κ2) is 16.6. The summed E-state index contributed by atoms with van der Waals surface area (Å²) in [4.78, 5) is 24.0. The van der Waals surface area contributed by atoms with E-state index in [1.54, 1.807) is 6.92 Å². The van der Waals surface area contributed by atoms with Gasteiger partial charge in [-0.25, -0.2) is 0 Å². The first-order valence-electron chi connectivity index (χ1n) is 10.7. The van der Waals surface area contributed by atoms with Crippen LogP contribution in [0, 0.1) is 11.8 Å². The van der Waals surface area contributed by atoms with Crippen LogP contribution < -0.4 is 0 Å². The van der Waals surface area contributed by atoms with Gasteiger partial charge in [0.2, 0.25) is 0 Å². The third kappa shape index (κ3) is 13.1. The third-order valence-electron chi connectivity index (χ3n) is 5.06. The molecular formula is C22H42O3. The summed E-state index contributed by atoms with van der Waals surface area (Å²) in [6, 6.07) is 0. The fourth-order valence-electron chi connectivity index (χ4n) is 3.46. The van der Waals surface area contributed by atoms with Crippen LogP contribution in [0.25, 0.3) is 0 Å². The highest BCUT2D eigenvalue weighted by atomic mass is 16.5. The molecule has 0 aliphatic heterocycles. The zero-order valence-corrected chi connectivity index (χ0v) is 17.3. The molecule has 0 fully saturated rings. The number of hydrogen-bond donors (Lipinski definition) is 0. The van der Waals surface area contributed by atoms with Crippen molar-refractivity contribution < 1.29 is 14.3 Å². The average Bonchev–Trinajstić information content (AvgIpc) is 2.58. The third-order valence-corrected chi connectivity index (χ3v) is 5.06. The van der Waals surface area contributed by atoms with E-state index in [-0.39, 0.29) is 11.8 Å². The van der Waals surface area contributed by atoms with E-state index in [1.165, 1.54) is 71.1 Å². The van der Waals surface area contributed by atoms with Gasteiger partial charge < -0.3 is 4.74 Å². The number of carbonyl (C=O) groups is 2. The van der Waals surface area contributed by atoms with Crippen molar-refractivity contribution in [3.63, 3.8) is 0 Å². The van der Waals surface area contributed by atoms with Gasteiger partial charge in [0.15, 0.2) is 0 Å². The zero-order chi connectivity index (χ0) is 18.9. The van der Waals surface area contributed by atoms with E-state index in [4.69, 9.17) is 4.74 Å². The summed E-state index contributed by atoms with van der Waals surface area (Å²) in [5, 5.41) is 0. The van der Waals surface area contributed by atoms with Crippen LogP contribution in [0.4, 0.5) is 0 Å². The highest BCUT2D eigenvalue weighted by Crippen LogP contribution is 2.26. The summed E-state index contributed by atoms with van der Waals surface area (Å²) in [5.41, 5.74) is 0. The fraction of sp³-hybridized carbons (Fsp3) is 0.909. The van der Waals surface area contributed by atoms with Gasteiger partial charge in [-0.2, -0.15) is 0 Å². The van der Waals surface area contributed by atoms with Crippen molar-refractivity contribution in [1.82, 2.24) is 0 Å². The number of Topliss-reactive ketones (excluding diaryl/α,β-unsaturated/α-hetero) is 1. The maximum atomic E-state index is 12.1. The molecule has 0 rings (SSSR count). The minimum atomic E-state index is -0.559. The molecule has 0 aliphatic carbocycles. The first-order chi connectivity index (χ1) is 12.1. The number of rotatable bonds is 17. The smallest absolute Gasteiger partial charge is 0.316 e. The predicted molar refractivity (Wildman–Crippen MR) is 106 cm³/mol. The molecule has 0 N–H and O–H groups in total. The van der Waals surface area contributed by atoms with Crippen LogP contribution in [0.15, 0.2) is 0 Å². The van der Waals surface area contributed by atoms with Crippen molar-refractivity contribution in [1.29, 1.82) is 0 Å². The Hall–Kier alpha value is -0.860. The number of ether oxygens (including phenoxy) is 1. The molecule has 0 aromatic carbocycles. The summed E-state index contributed by atoms with van der Waals surface area (Å²) in [5.74, 6) is -0.450. The Kier molecular flexibility index (Phi) is 16.0. The molecule has 3 heteroatoms. The summed E-state index contributed by atoms with van der Waals surface area (Å²) >= 11 is 0. The molecule has 0 saturated heterocycles. The molecule has 3 nitrogen and oxygen atoms in total. The van der Waals surface area contributed by atoms with Crippen LogP contribution in [-0.4, -0.2) is 18.4 Å². The average molecular weight is 355 g/mol. The van der Waals surface area contributed by atoms with Crippen LogP contribution in [0.3, 0.4) is 0 Å². The van der Waals surface area contributed by atoms with Gasteiger partial charge in [0.05, 0.1) is 6.61 Å². The Labute approximate surface area is 156 Å². The molecule has 2 atom stereocenters. The van der Waals surface area contributed by atoms with E-state index in [0.29, 0.717) is 18.9 Å². The van der Waals surface area contributed by atoms with Gasteiger partial charge in [-0.05, 0) is 26.2 Å². The van der Waals surface area contributed by atoms with Crippen molar-refractivity contribution in [3.8, 4) is 0 Å². The van der Waals surface area contributed by atoms with Crippen LogP contribution in [0.2, 0.25) is 0 Å². The lowest BCUT2D eigenvalue weighted by atomic mass is 9.85. The zero-order valence-electron chi connectivity index (χ0n) is 17.3. The first-order valence-corrected chi connectivity index (χ1v) is 10.7. The number of esters is 1. The maximum Gasteiger partial charge on any atom is 0.316 e. The van der Waals surface area contributed by atoms with Crippen LogP contribution in [-0.2, 0) is 14.3 Å². The highest BCUT2D eigenvalue weighted by Gasteiger charge is 2.27. The van der Waals surface area contributed by atoms with Crippen LogP contribution in [0.1, 0.15) is 111 Å². The number of hydrogen-bond acceptors (Lipinski definition) is 3. The molecule has 0 heterocycles. The van der Waals surface area contributed by atoms with E-state index < -0.39 is 5.92 Å². The maximum absolute atomic E-state index is 12.1. The van der Waals surface area contributed by atoms with E-state index in [1.807, 2.05) is 0 Å². The lowest BCUT2D eigenvalue weighted by molar-refractivity contribution is -0.151. The second-order valence-electron chi connectivity index (χ2n) is 7.42. The van der Waals surface area contributed by atoms with Crippen molar-refractivity contribution >= 4 is 11.8 Å². The molecular weight excluding hydrogens is 312 g/mol. The standard InChI is InChI=1S/C22H42O3/c1-5-8-10-12-13-15-17-20(16-14-11-9-6-2)18-21(19(4)23)22(24)25-7-3/h20-21H,5-18H2,1-4H3. The molecule has 0 aliphatic rings. The summed E-state index contributed by atoms with van der Waals surface area (Å²) in [7, 11) is 0. The number of unbranched alkanes of at least 4 members (excludes halogenated alkanes) is 8. The van der Waals surface area contributed by atoms with Gasteiger partial charge in [-0.3, -0.25) is 9.59 Å². The van der Waals surface area contributed by atoms with E-state index >= 15 is 0 Å². The van der Waals surface area contributed by atoms with Crippen LogP contribution in [0.5, 0.6) is 0 Å². The normalized spacial score (nSPS) is 13.4. The van der Waals surface area contributed by atoms with Crippen molar-refractivity contribution in [3.05, 3.63) is 0 Å². The Morgan fingerprint density at radius 1 is 0.760 bits per heavy atom. The molecule has 0 aromatic heterocycles. The first kappa shape index (κ1) is 24.1. The lowest BCUT2D eigenvalue weighted by Crippen LogP contribution is -2.27. The number of ketones is 1. The quantitative estimate of drug-likeness (QED) is 0.170. The highest BCUT2D eigenvalue weighted by molar-refractivity contribution is 5.97. The largest absolute Gasteiger partial charge is 0.465 e. The van der Waals surface area contributed by atoms with Gasteiger partial charge in [0.25, 0.3) is 0 Å². The Balaban J connectivity index is 4.46. The second-order valence-corrected chi connectivity index (χ2v) is 7.42. The van der Waals surface area contributed by atoms with E-state index in [9.17, 15) is 9.59 Å². The minimum Gasteiger partial charge on any atom is -0.465 e. The predicted octanol–water partition coefficient (Wildman–Crippen LogP) is 6.48. The molecule has 0 saturated carbocycles. The lowest BCUT2D eigenvalue weighted by Gasteiger charge is -2.21. The van der Waals surface area contributed by atoms with Gasteiger partial charge >= 0.3 is 5.97 Å². The van der Waals surface area contributed by atoms with E-state index in [0.717, 1.165) is 12.8 Å². The Morgan fingerprint density at radius 2 is 1.24 bits per heavy atom. The topological polar surface area (TPSA) is 43.4 Å². The fourth-order valence-corrected chi connectivity index (χ4v) is 3.46. The SMILES string of the molecule is CCCCCCCCC(CCCCCC)CC(C(C)=O)C(=O)OCC. The molecule has 0 bridgehead atoms. The molecule has 0 spiro atoms. The van der Waals surface area contributed by atoms with Crippen LogP contribution >= 0.6 is 0 Å². The van der Waals surface area contributed by atoms with Gasteiger partial charge in [0, 0.05) is 0 Å². The van der Waals surface area contributed by atoms with Gasteiger partial charge in [-0.1, -0.05) is 90.9 Å². The molecule has 0 aromatic rings. The molecule has 2 unspecified atom stereocenters. The minimum absolute atomic E-state index is 0.0417. The summed E-state index contributed by atoms with van der Waals surface area (Å²) in [6.07, 6.45) is 15.7. The van der Waals surface area contributed by atoms with Gasteiger partial charge in [0.1, 0.15) is 11.7 Å². The molecule has 0 amide bonds. The van der Waals surface area contributed by atoms with Crippen molar-refractivity contribution in [2.45, 2.75) is 111 Å². The number of carbonyl (C=O) groups excluding carboxylic acids is 2. The molecule has 0 radical (unpaired) electrons. The Morgan fingerprint density at radius 3 is 1.72 bits per heavy atom. The summed E-state index contributed by atoms with van der Waals surface area (Å²) in [6.45, 7) is 8.14. The molecule has 25 heavy (non-hydrogen) atoms. The van der Waals surface area contributed by atoms with Crippen molar-refractivity contribution in [2.75, 3.05) is 6.61 Å².